The number of aryl methyl sites for hydroxylation is 1. The molecule has 2 aliphatic rings. The van der Waals surface area contributed by atoms with E-state index >= 15 is 0 Å². The second-order valence-corrected chi connectivity index (χ2v) is 8.40. The van der Waals surface area contributed by atoms with E-state index in [4.69, 9.17) is 0 Å². The molecule has 0 aromatic heterocycles. The van der Waals surface area contributed by atoms with Gasteiger partial charge in [-0.3, -0.25) is 14.6 Å². The number of urea groups is 1. The molecule has 1 saturated heterocycles. The first-order valence-corrected chi connectivity index (χ1v) is 10.7. The Labute approximate surface area is 193 Å². The van der Waals surface area contributed by atoms with Crippen LogP contribution < -0.4 is 10.3 Å². The largest absolute Gasteiger partial charge is 0.414 e. The lowest BCUT2D eigenvalue weighted by molar-refractivity contribution is -0.553. The molecule has 2 aromatic carbocycles. The van der Waals surface area contributed by atoms with Gasteiger partial charge >= 0.3 is 12.0 Å². The fraction of sp³-hybridized carbons (Fsp3) is 0.292. The third-order valence-electron chi connectivity index (χ3n) is 5.79. The number of amidine groups is 1. The van der Waals surface area contributed by atoms with Crippen molar-refractivity contribution in [3.05, 3.63) is 65.2 Å². The number of benzene rings is 2. The Hall–Kier alpha value is -4.01. The van der Waals surface area contributed by atoms with Crippen molar-refractivity contribution in [1.82, 2.24) is 15.2 Å². The first-order valence-electron chi connectivity index (χ1n) is 10.7. The molecule has 0 saturated carbocycles. The number of nitrogens with one attached hydrogen (secondary N) is 1. The predicted octanol–water partition coefficient (Wildman–Crippen LogP) is 1.86. The van der Waals surface area contributed by atoms with Gasteiger partial charge in [0.15, 0.2) is 0 Å². The van der Waals surface area contributed by atoms with Crippen molar-refractivity contribution >= 4 is 35.6 Å². The van der Waals surface area contributed by atoms with Crippen LogP contribution in [0.25, 0.3) is 0 Å². The normalized spacial score (nSPS) is 18.2. The molecule has 0 bridgehead atoms. The van der Waals surface area contributed by atoms with Crippen LogP contribution in [0.4, 0.5) is 10.5 Å². The zero-order valence-electron chi connectivity index (χ0n) is 19.5. The molecule has 1 unspecified atom stereocenters. The highest BCUT2D eigenvalue weighted by atomic mass is 16.2. The monoisotopic (exact) mass is 446 g/mol. The summed E-state index contributed by atoms with van der Waals surface area (Å²) >= 11 is 0. The Morgan fingerprint density at radius 1 is 1.06 bits per heavy atom. The van der Waals surface area contributed by atoms with Crippen molar-refractivity contribution in [1.29, 1.82) is 0 Å². The maximum absolute atomic E-state index is 13.0. The number of carbonyl (C=O) groups excluding carboxylic acids is 2. The SMILES string of the molecule is Cc1ccc(C[N+]2=C(N/N=C/c3ccc(N(C)C)cc3)N=C3C2C(=O)N(C)C(=O)N3C)cc1. The van der Waals surface area contributed by atoms with Crippen LogP contribution >= 0.6 is 0 Å². The second-order valence-electron chi connectivity index (χ2n) is 8.40. The molecule has 0 aliphatic carbocycles. The average molecular weight is 447 g/mol. The summed E-state index contributed by atoms with van der Waals surface area (Å²) in [6.45, 7) is 2.47. The number of likely N-dealkylation sites (N-methyl/N-ethyl adjacent to an activating group) is 2. The van der Waals surface area contributed by atoms with Crippen molar-refractivity contribution in [3.8, 4) is 0 Å². The zero-order valence-corrected chi connectivity index (χ0v) is 19.5. The van der Waals surface area contributed by atoms with Crippen LogP contribution in [0.5, 0.6) is 0 Å². The van der Waals surface area contributed by atoms with E-state index in [1.54, 1.807) is 13.3 Å². The molecule has 170 valence electrons. The molecule has 1 N–H and O–H groups in total. The van der Waals surface area contributed by atoms with Gasteiger partial charge in [-0.2, -0.15) is 5.43 Å². The summed E-state index contributed by atoms with van der Waals surface area (Å²) in [5.74, 6) is 0.493. The molecule has 33 heavy (non-hydrogen) atoms. The lowest BCUT2D eigenvalue weighted by atomic mass is 10.1. The van der Waals surface area contributed by atoms with Crippen LogP contribution in [0.15, 0.2) is 58.6 Å². The van der Waals surface area contributed by atoms with Crippen molar-refractivity contribution in [3.63, 3.8) is 0 Å². The first-order chi connectivity index (χ1) is 15.8. The van der Waals surface area contributed by atoms with Gasteiger partial charge in [0.2, 0.25) is 11.9 Å². The highest BCUT2D eigenvalue weighted by Crippen LogP contribution is 2.20. The number of hydrazone groups is 1. The molecule has 4 rings (SSSR count). The van der Waals surface area contributed by atoms with E-state index in [1.165, 1.54) is 11.9 Å². The van der Waals surface area contributed by atoms with Gasteiger partial charge in [-0.15, -0.1) is 5.10 Å². The number of imide groups is 1. The Bertz CT molecular complexity index is 1160. The summed E-state index contributed by atoms with van der Waals surface area (Å²) in [5.41, 5.74) is 7.18. The third kappa shape index (κ3) is 4.34. The summed E-state index contributed by atoms with van der Waals surface area (Å²) in [6, 6.07) is 15.0. The van der Waals surface area contributed by atoms with E-state index in [2.05, 4.69) is 15.5 Å². The maximum Gasteiger partial charge on any atom is 0.414 e. The predicted molar refractivity (Wildman–Crippen MR) is 129 cm³/mol. The molecule has 1 atom stereocenters. The number of amides is 3. The first kappa shape index (κ1) is 22.2. The Balaban J connectivity index is 1.63. The van der Waals surface area contributed by atoms with E-state index < -0.39 is 12.1 Å². The smallest absolute Gasteiger partial charge is 0.378 e. The van der Waals surface area contributed by atoms with Crippen LogP contribution in [0.3, 0.4) is 0 Å². The standard InChI is InChI=1S/C24H27N7O2/c1-16-6-8-18(9-7-16)15-31-20-21(29(4)24(33)30(5)22(20)32)26-23(31)27-25-14-17-10-12-19(13-11-17)28(2)3/h6-14,20H,15H2,1-5H3/p+1/b25-14+. The van der Waals surface area contributed by atoms with Gasteiger partial charge in [-0.25, -0.2) is 9.37 Å². The lowest BCUT2D eigenvalue weighted by Crippen LogP contribution is -2.61. The number of hydrogen-bond donors (Lipinski definition) is 1. The van der Waals surface area contributed by atoms with E-state index in [0.717, 1.165) is 27.3 Å². The van der Waals surface area contributed by atoms with Crippen LogP contribution in [0.1, 0.15) is 16.7 Å². The van der Waals surface area contributed by atoms with Crippen molar-refractivity contribution in [2.45, 2.75) is 19.5 Å². The van der Waals surface area contributed by atoms with E-state index in [1.807, 2.05) is 79.0 Å². The summed E-state index contributed by atoms with van der Waals surface area (Å²) < 4.78 is 1.84. The Morgan fingerprint density at radius 2 is 1.73 bits per heavy atom. The topological polar surface area (TPSA) is 83.6 Å². The minimum atomic E-state index is -0.698. The summed E-state index contributed by atoms with van der Waals surface area (Å²) in [5, 5.41) is 4.35. The van der Waals surface area contributed by atoms with Crippen LogP contribution in [-0.4, -0.2) is 78.6 Å². The summed E-state index contributed by atoms with van der Waals surface area (Å²) in [6.07, 6.45) is 1.70. The summed E-state index contributed by atoms with van der Waals surface area (Å²) in [4.78, 5) is 34.6. The van der Waals surface area contributed by atoms with E-state index in [-0.39, 0.29) is 5.91 Å². The van der Waals surface area contributed by atoms with Gasteiger partial charge < -0.3 is 4.90 Å². The average Bonchev–Trinajstić information content (AvgIpc) is 3.16. The Morgan fingerprint density at radius 3 is 2.36 bits per heavy atom. The highest BCUT2D eigenvalue weighted by molar-refractivity contribution is 6.22. The number of hydrogen-bond acceptors (Lipinski definition) is 6. The second kappa shape index (κ2) is 8.85. The van der Waals surface area contributed by atoms with Gasteiger partial charge in [0, 0.05) is 33.9 Å². The van der Waals surface area contributed by atoms with E-state index in [0.29, 0.717) is 18.3 Å². The maximum atomic E-state index is 13.0. The molecule has 1 fully saturated rings. The molecular weight excluding hydrogens is 418 g/mol. The van der Waals surface area contributed by atoms with Crippen molar-refractivity contribution < 1.29 is 14.2 Å². The lowest BCUT2D eigenvalue weighted by Gasteiger charge is -2.31. The minimum Gasteiger partial charge on any atom is -0.378 e. The van der Waals surface area contributed by atoms with Crippen molar-refractivity contribution in [2.75, 3.05) is 33.1 Å². The third-order valence-corrected chi connectivity index (χ3v) is 5.79. The Kier molecular flexibility index (Phi) is 5.95. The molecule has 2 aliphatic heterocycles. The molecule has 3 amide bonds. The molecule has 9 nitrogen and oxygen atoms in total. The molecule has 2 heterocycles. The summed E-state index contributed by atoms with van der Waals surface area (Å²) in [7, 11) is 7.09. The number of rotatable bonds is 5. The van der Waals surface area contributed by atoms with Gasteiger partial charge in [0.25, 0.3) is 5.91 Å². The molecule has 2 aromatic rings. The fourth-order valence-corrected chi connectivity index (χ4v) is 3.77. The molecule has 0 spiro atoms. The van der Waals surface area contributed by atoms with Crippen LogP contribution in [-0.2, 0) is 11.3 Å². The quantitative estimate of drug-likeness (QED) is 0.432. The number of aliphatic imine (C=N–C) groups is 1. The number of anilines is 1. The van der Waals surface area contributed by atoms with Crippen molar-refractivity contribution in [2.24, 2.45) is 10.1 Å². The van der Waals surface area contributed by atoms with Crippen LogP contribution in [0, 0.1) is 6.92 Å². The molecule has 0 radical (unpaired) electrons. The zero-order chi connectivity index (χ0) is 23.7. The molecular formula is C24H28N7O2+. The molecule has 9 heteroatoms. The van der Waals surface area contributed by atoms with Gasteiger partial charge in [0.1, 0.15) is 0 Å². The van der Waals surface area contributed by atoms with Gasteiger partial charge in [-0.05, 0) is 30.2 Å². The van der Waals surface area contributed by atoms with Gasteiger partial charge in [-0.1, -0.05) is 47.0 Å². The van der Waals surface area contributed by atoms with Gasteiger partial charge in [0.05, 0.1) is 12.8 Å². The van der Waals surface area contributed by atoms with Crippen LogP contribution in [0.2, 0.25) is 0 Å². The highest BCUT2D eigenvalue weighted by Gasteiger charge is 2.51. The number of nitrogens with zero attached hydrogens (tertiary/aromatic N) is 6. The minimum absolute atomic E-state index is 0.316. The fourth-order valence-electron chi connectivity index (χ4n) is 3.77. The number of guanidine groups is 1. The van der Waals surface area contributed by atoms with E-state index in [9.17, 15) is 9.59 Å². The number of fused-ring (bicyclic) bond motifs is 1. The number of carbonyl (C=O) groups is 2.